The smallest absolute Gasteiger partial charge is 0.143 e. The van der Waals surface area contributed by atoms with Gasteiger partial charge in [0.1, 0.15) is 10.7 Å². The van der Waals surface area contributed by atoms with Gasteiger partial charge in [0.15, 0.2) is 0 Å². The minimum Gasteiger partial charge on any atom is -0.312 e. The second-order valence-corrected chi connectivity index (χ2v) is 6.12. The van der Waals surface area contributed by atoms with Crippen LogP contribution in [0.5, 0.6) is 0 Å². The van der Waals surface area contributed by atoms with Gasteiger partial charge in [0.2, 0.25) is 0 Å². The molecule has 0 atom stereocenters. The third kappa shape index (κ3) is 3.66. The highest BCUT2D eigenvalue weighted by molar-refractivity contribution is 7.15. The fraction of sp³-hybridized carbons (Fsp3) is 0.385. The van der Waals surface area contributed by atoms with E-state index in [4.69, 9.17) is 23.2 Å². The Kier molecular flexibility index (Phi) is 5.16. The summed E-state index contributed by atoms with van der Waals surface area (Å²) in [7, 11) is 0. The first-order valence-electron chi connectivity index (χ1n) is 6.10. The molecule has 3 nitrogen and oxygen atoms in total. The summed E-state index contributed by atoms with van der Waals surface area (Å²) < 4.78 is 0. The lowest BCUT2D eigenvalue weighted by Crippen LogP contribution is -2.13. The van der Waals surface area contributed by atoms with Gasteiger partial charge in [0.05, 0.1) is 15.7 Å². The van der Waals surface area contributed by atoms with Crippen LogP contribution in [-0.4, -0.2) is 16.5 Å². The van der Waals surface area contributed by atoms with Crippen molar-refractivity contribution in [3.8, 4) is 10.7 Å². The van der Waals surface area contributed by atoms with E-state index in [1.807, 2.05) is 6.92 Å². The van der Waals surface area contributed by atoms with Crippen molar-refractivity contribution in [2.75, 3.05) is 6.54 Å². The molecule has 0 amide bonds. The molecular formula is C13H15Cl2N3S. The highest BCUT2D eigenvalue weighted by Crippen LogP contribution is 2.32. The van der Waals surface area contributed by atoms with E-state index in [-0.39, 0.29) is 0 Å². The van der Waals surface area contributed by atoms with Crippen LogP contribution in [0.25, 0.3) is 10.7 Å². The van der Waals surface area contributed by atoms with Crippen molar-refractivity contribution in [2.24, 2.45) is 0 Å². The van der Waals surface area contributed by atoms with Gasteiger partial charge in [-0.1, -0.05) is 30.1 Å². The van der Waals surface area contributed by atoms with Crippen LogP contribution < -0.4 is 5.32 Å². The van der Waals surface area contributed by atoms with Crippen LogP contribution >= 0.6 is 34.5 Å². The summed E-state index contributed by atoms with van der Waals surface area (Å²) in [5.41, 5.74) is 1.72. The molecule has 2 heterocycles. The van der Waals surface area contributed by atoms with Gasteiger partial charge in [0, 0.05) is 17.6 Å². The molecule has 0 aliphatic carbocycles. The molecule has 2 aromatic rings. The fourth-order valence-corrected chi connectivity index (χ4v) is 3.21. The Bertz CT molecular complexity index is 569. The van der Waals surface area contributed by atoms with Crippen LogP contribution in [0.1, 0.15) is 23.9 Å². The molecule has 6 heteroatoms. The molecule has 0 saturated heterocycles. The zero-order valence-electron chi connectivity index (χ0n) is 10.8. The Morgan fingerprint density at radius 2 is 2.16 bits per heavy atom. The Balaban J connectivity index is 2.23. The molecule has 102 valence electrons. The summed E-state index contributed by atoms with van der Waals surface area (Å²) in [5.74, 6) is 0. The van der Waals surface area contributed by atoms with Gasteiger partial charge in [-0.3, -0.25) is 4.98 Å². The van der Waals surface area contributed by atoms with Crippen LogP contribution in [0.2, 0.25) is 10.0 Å². The number of nitrogens with zero attached hydrogens (tertiary/aromatic N) is 2. The summed E-state index contributed by atoms with van der Waals surface area (Å²) in [4.78, 5) is 10.0. The molecule has 0 aliphatic rings. The first kappa shape index (κ1) is 14.7. The molecule has 19 heavy (non-hydrogen) atoms. The Morgan fingerprint density at radius 3 is 2.84 bits per heavy atom. The molecule has 0 spiro atoms. The van der Waals surface area contributed by atoms with E-state index in [0.29, 0.717) is 15.7 Å². The molecule has 0 aromatic carbocycles. The van der Waals surface area contributed by atoms with Crippen LogP contribution in [0.15, 0.2) is 12.3 Å². The molecular weight excluding hydrogens is 301 g/mol. The first-order chi connectivity index (χ1) is 9.11. The van der Waals surface area contributed by atoms with Crippen molar-refractivity contribution in [3.05, 3.63) is 32.9 Å². The van der Waals surface area contributed by atoms with Crippen molar-refractivity contribution in [1.82, 2.24) is 15.3 Å². The van der Waals surface area contributed by atoms with Gasteiger partial charge in [-0.2, -0.15) is 0 Å². The van der Waals surface area contributed by atoms with Gasteiger partial charge < -0.3 is 5.32 Å². The second-order valence-electron chi connectivity index (χ2n) is 4.19. The Labute approximate surface area is 127 Å². The van der Waals surface area contributed by atoms with E-state index in [2.05, 4.69) is 22.2 Å². The van der Waals surface area contributed by atoms with E-state index in [9.17, 15) is 0 Å². The highest BCUT2D eigenvalue weighted by Gasteiger charge is 2.13. The van der Waals surface area contributed by atoms with E-state index in [1.165, 1.54) is 4.88 Å². The van der Waals surface area contributed by atoms with Crippen molar-refractivity contribution < 1.29 is 0 Å². The third-order valence-corrected chi connectivity index (χ3v) is 4.27. The standard InChI is InChI=1S/C13H15Cl2N3S/c1-3-4-16-7-11-8(2)18-13(19-11)12-10(15)5-9(14)6-17-12/h5-6,16H,3-4,7H2,1-2H3. The number of aryl methyl sites for hydroxylation is 1. The quantitative estimate of drug-likeness (QED) is 0.835. The van der Waals surface area contributed by atoms with Crippen molar-refractivity contribution in [2.45, 2.75) is 26.8 Å². The maximum absolute atomic E-state index is 6.16. The average molecular weight is 316 g/mol. The number of nitrogens with one attached hydrogen (secondary N) is 1. The number of hydrogen-bond donors (Lipinski definition) is 1. The van der Waals surface area contributed by atoms with Crippen molar-refractivity contribution in [3.63, 3.8) is 0 Å². The summed E-state index contributed by atoms with van der Waals surface area (Å²) in [5, 5.41) is 5.29. The van der Waals surface area contributed by atoms with Crippen LogP contribution in [0.4, 0.5) is 0 Å². The maximum Gasteiger partial charge on any atom is 0.143 e. The largest absolute Gasteiger partial charge is 0.312 e. The summed E-state index contributed by atoms with van der Waals surface area (Å²) >= 11 is 13.6. The molecule has 0 aliphatic heterocycles. The normalized spacial score (nSPS) is 10.9. The minimum atomic E-state index is 0.534. The number of halogens is 2. The van der Waals surface area contributed by atoms with Crippen LogP contribution in [0, 0.1) is 6.92 Å². The predicted octanol–water partition coefficient (Wildman–Crippen LogP) is 4.32. The van der Waals surface area contributed by atoms with Gasteiger partial charge in [-0.15, -0.1) is 11.3 Å². The molecule has 0 saturated carbocycles. The minimum absolute atomic E-state index is 0.534. The zero-order chi connectivity index (χ0) is 13.8. The lowest BCUT2D eigenvalue weighted by atomic mass is 10.3. The van der Waals surface area contributed by atoms with Gasteiger partial charge in [-0.25, -0.2) is 4.98 Å². The summed E-state index contributed by atoms with van der Waals surface area (Å²) in [6.45, 7) is 6.00. The van der Waals surface area contributed by atoms with E-state index in [1.54, 1.807) is 23.6 Å². The zero-order valence-corrected chi connectivity index (χ0v) is 13.2. The number of rotatable bonds is 5. The van der Waals surface area contributed by atoms with Crippen molar-refractivity contribution >= 4 is 34.5 Å². The molecule has 0 unspecified atom stereocenters. The van der Waals surface area contributed by atoms with Gasteiger partial charge in [-0.05, 0) is 26.0 Å². The van der Waals surface area contributed by atoms with Gasteiger partial charge in [0.25, 0.3) is 0 Å². The van der Waals surface area contributed by atoms with Crippen LogP contribution in [-0.2, 0) is 6.54 Å². The number of thiazole rings is 1. The molecule has 1 N–H and O–H groups in total. The molecule has 0 radical (unpaired) electrons. The Morgan fingerprint density at radius 1 is 1.37 bits per heavy atom. The lowest BCUT2D eigenvalue weighted by molar-refractivity contribution is 0.678. The first-order valence-corrected chi connectivity index (χ1v) is 7.67. The molecule has 2 aromatic heterocycles. The topological polar surface area (TPSA) is 37.8 Å². The Hall–Kier alpha value is -0.680. The summed E-state index contributed by atoms with van der Waals surface area (Å²) in [6.07, 6.45) is 2.71. The summed E-state index contributed by atoms with van der Waals surface area (Å²) in [6, 6.07) is 1.69. The van der Waals surface area contributed by atoms with E-state index >= 15 is 0 Å². The van der Waals surface area contributed by atoms with Crippen LogP contribution in [0.3, 0.4) is 0 Å². The monoisotopic (exact) mass is 315 g/mol. The average Bonchev–Trinajstić information content (AvgIpc) is 2.71. The van der Waals surface area contributed by atoms with Gasteiger partial charge >= 0.3 is 0 Å². The van der Waals surface area contributed by atoms with E-state index < -0.39 is 0 Å². The highest BCUT2D eigenvalue weighted by atomic mass is 35.5. The SMILES string of the molecule is CCCNCc1sc(-c2ncc(Cl)cc2Cl)nc1C. The number of hydrogen-bond acceptors (Lipinski definition) is 4. The lowest BCUT2D eigenvalue weighted by Gasteiger charge is -2.00. The van der Waals surface area contributed by atoms with E-state index in [0.717, 1.165) is 30.2 Å². The maximum atomic E-state index is 6.16. The molecule has 0 bridgehead atoms. The molecule has 2 rings (SSSR count). The van der Waals surface area contributed by atoms with Crippen molar-refractivity contribution in [1.29, 1.82) is 0 Å². The second kappa shape index (κ2) is 6.66. The number of pyridine rings is 1. The number of aromatic nitrogens is 2. The fourth-order valence-electron chi connectivity index (χ4n) is 1.64. The molecule has 0 fully saturated rings. The predicted molar refractivity (Wildman–Crippen MR) is 82.1 cm³/mol. The third-order valence-electron chi connectivity index (χ3n) is 2.62.